The van der Waals surface area contributed by atoms with Crippen LogP contribution in [0, 0.1) is 33.6 Å². The van der Waals surface area contributed by atoms with Gasteiger partial charge in [-0.2, -0.15) is 0 Å². The average Bonchev–Trinajstić information content (AvgIpc) is 2.93. The molecule has 1 aromatic carbocycles. The summed E-state index contributed by atoms with van der Waals surface area (Å²) in [5.74, 6) is -1.59. The molecular weight excluding hydrogens is 356 g/mol. The molecule has 0 bridgehead atoms. The van der Waals surface area contributed by atoms with Crippen LogP contribution in [-0.2, 0) is 9.53 Å². The van der Waals surface area contributed by atoms with Crippen LogP contribution in [0.4, 0.5) is 0 Å². The molecule has 2 heterocycles. The lowest BCUT2D eigenvalue weighted by Crippen LogP contribution is -2.48. The van der Waals surface area contributed by atoms with Crippen LogP contribution in [0.25, 0.3) is 5.69 Å². The first-order valence-electron chi connectivity index (χ1n) is 9.67. The molecule has 6 nitrogen and oxygen atoms in total. The van der Waals surface area contributed by atoms with Gasteiger partial charge in [0.2, 0.25) is 0 Å². The Balaban J connectivity index is 1.89. The van der Waals surface area contributed by atoms with Crippen molar-refractivity contribution < 1.29 is 19.4 Å². The van der Waals surface area contributed by atoms with Gasteiger partial charge in [-0.05, 0) is 69.9 Å². The van der Waals surface area contributed by atoms with E-state index in [1.54, 1.807) is 0 Å². The molecular formula is C22H28N2O4. The summed E-state index contributed by atoms with van der Waals surface area (Å²) in [7, 11) is 0. The van der Waals surface area contributed by atoms with Crippen molar-refractivity contribution in [1.29, 1.82) is 0 Å². The predicted octanol–water partition coefficient (Wildman–Crippen LogP) is 3.32. The average molecular weight is 384 g/mol. The van der Waals surface area contributed by atoms with Crippen LogP contribution in [0.2, 0.25) is 0 Å². The number of aliphatic carboxylic acids is 1. The molecule has 3 rings (SSSR count). The first-order valence-corrected chi connectivity index (χ1v) is 9.67. The highest BCUT2D eigenvalue weighted by atomic mass is 16.5. The predicted molar refractivity (Wildman–Crippen MR) is 107 cm³/mol. The van der Waals surface area contributed by atoms with Gasteiger partial charge in [0.1, 0.15) is 6.04 Å². The van der Waals surface area contributed by atoms with E-state index in [4.69, 9.17) is 4.74 Å². The topological polar surface area (TPSA) is 80.6 Å². The normalized spacial score (nSPS) is 17.9. The van der Waals surface area contributed by atoms with Crippen LogP contribution in [0.5, 0.6) is 0 Å². The molecule has 0 radical (unpaired) electrons. The minimum atomic E-state index is -1.02. The van der Waals surface area contributed by atoms with Gasteiger partial charge in [-0.3, -0.25) is 4.79 Å². The fraction of sp³-hybridized carbons (Fsp3) is 0.455. The summed E-state index contributed by atoms with van der Waals surface area (Å²) < 4.78 is 7.45. The Hall–Kier alpha value is -2.60. The van der Waals surface area contributed by atoms with Crippen molar-refractivity contribution in [2.45, 2.75) is 46.6 Å². The first kappa shape index (κ1) is 20.1. The highest BCUT2D eigenvalue weighted by Crippen LogP contribution is 2.24. The minimum Gasteiger partial charge on any atom is -0.480 e. The highest BCUT2D eigenvalue weighted by Gasteiger charge is 2.32. The van der Waals surface area contributed by atoms with E-state index in [1.807, 2.05) is 38.3 Å². The summed E-state index contributed by atoms with van der Waals surface area (Å²) in [5.41, 5.74) is 5.53. The summed E-state index contributed by atoms with van der Waals surface area (Å²) in [6.07, 6.45) is 1.55. The summed E-state index contributed by atoms with van der Waals surface area (Å²) in [4.78, 5) is 24.7. The number of nitrogens with one attached hydrogen (secondary N) is 1. The lowest BCUT2D eigenvalue weighted by molar-refractivity contribution is -0.142. The van der Waals surface area contributed by atoms with Gasteiger partial charge in [0, 0.05) is 29.6 Å². The van der Waals surface area contributed by atoms with Gasteiger partial charge in [0.05, 0.1) is 12.2 Å². The fourth-order valence-electron chi connectivity index (χ4n) is 4.10. The Kier molecular flexibility index (Phi) is 5.89. The van der Waals surface area contributed by atoms with E-state index in [0.717, 1.165) is 41.0 Å². The molecule has 0 aliphatic carbocycles. The Morgan fingerprint density at radius 1 is 1.14 bits per heavy atom. The maximum absolute atomic E-state index is 12.9. The molecule has 1 fully saturated rings. The Labute approximate surface area is 165 Å². The number of aromatic nitrogens is 1. The van der Waals surface area contributed by atoms with E-state index in [1.165, 1.54) is 0 Å². The van der Waals surface area contributed by atoms with E-state index in [2.05, 4.69) is 23.5 Å². The Morgan fingerprint density at radius 2 is 1.82 bits per heavy atom. The molecule has 1 saturated heterocycles. The van der Waals surface area contributed by atoms with Gasteiger partial charge in [0.25, 0.3) is 5.91 Å². The van der Waals surface area contributed by atoms with Crippen molar-refractivity contribution in [3.63, 3.8) is 0 Å². The molecule has 6 heteroatoms. The van der Waals surface area contributed by atoms with Gasteiger partial charge in [-0.25, -0.2) is 4.79 Å². The van der Waals surface area contributed by atoms with Crippen LogP contribution < -0.4 is 5.32 Å². The monoisotopic (exact) mass is 384 g/mol. The summed E-state index contributed by atoms with van der Waals surface area (Å²) in [6, 6.07) is 7.13. The Morgan fingerprint density at radius 3 is 2.39 bits per heavy atom. The molecule has 1 aliphatic heterocycles. The smallest absolute Gasteiger partial charge is 0.326 e. The zero-order valence-corrected chi connectivity index (χ0v) is 16.9. The molecule has 2 aromatic rings. The zero-order valence-electron chi connectivity index (χ0n) is 16.9. The van der Waals surface area contributed by atoms with Crippen molar-refractivity contribution in [2.24, 2.45) is 5.92 Å². The van der Waals surface area contributed by atoms with Crippen LogP contribution in [0.3, 0.4) is 0 Å². The number of carboxylic acids is 1. The molecule has 0 saturated carbocycles. The van der Waals surface area contributed by atoms with E-state index < -0.39 is 12.0 Å². The largest absolute Gasteiger partial charge is 0.480 e. The Bertz CT molecular complexity index is 874. The number of hydrogen-bond donors (Lipinski definition) is 2. The lowest BCUT2D eigenvalue weighted by Gasteiger charge is -2.28. The lowest BCUT2D eigenvalue weighted by atomic mass is 9.93. The molecule has 1 aromatic heterocycles. The molecule has 1 amide bonds. The number of nitrogens with zero attached hydrogens (tertiary/aromatic N) is 1. The van der Waals surface area contributed by atoms with Gasteiger partial charge in [0.15, 0.2) is 0 Å². The fourth-order valence-corrected chi connectivity index (χ4v) is 4.10. The van der Waals surface area contributed by atoms with Crippen molar-refractivity contribution >= 4 is 11.9 Å². The van der Waals surface area contributed by atoms with Crippen LogP contribution in [-0.4, -0.2) is 40.8 Å². The quantitative estimate of drug-likeness (QED) is 0.829. The number of ether oxygens (including phenoxy) is 1. The maximum atomic E-state index is 12.9. The number of carbonyl (C=O) groups is 2. The first-order chi connectivity index (χ1) is 13.3. The molecule has 0 spiro atoms. The molecule has 28 heavy (non-hydrogen) atoms. The summed E-state index contributed by atoms with van der Waals surface area (Å²) >= 11 is 0. The van der Waals surface area contributed by atoms with Crippen molar-refractivity contribution in [2.75, 3.05) is 13.2 Å². The second-order valence-electron chi connectivity index (χ2n) is 7.73. The number of hydrogen-bond acceptors (Lipinski definition) is 3. The highest BCUT2D eigenvalue weighted by molar-refractivity contribution is 5.98. The number of carboxylic acid groups (broad SMARTS) is 1. The van der Waals surface area contributed by atoms with Crippen LogP contribution >= 0.6 is 0 Å². The molecule has 1 aliphatic rings. The van der Waals surface area contributed by atoms with Crippen molar-refractivity contribution in [3.8, 4) is 5.69 Å². The number of rotatable bonds is 5. The minimum absolute atomic E-state index is 0.210. The van der Waals surface area contributed by atoms with Gasteiger partial charge in [-0.1, -0.05) is 6.07 Å². The number of aryl methyl sites for hydroxylation is 3. The van der Waals surface area contributed by atoms with E-state index >= 15 is 0 Å². The van der Waals surface area contributed by atoms with Gasteiger partial charge in [-0.15, -0.1) is 0 Å². The van der Waals surface area contributed by atoms with Crippen LogP contribution in [0.1, 0.15) is 45.7 Å². The zero-order chi connectivity index (χ0) is 20.4. The summed E-state index contributed by atoms with van der Waals surface area (Å²) in [6.45, 7) is 8.93. The second kappa shape index (κ2) is 8.19. The number of benzene rings is 1. The second-order valence-corrected chi connectivity index (χ2v) is 7.73. The number of amides is 1. The van der Waals surface area contributed by atoms with Gasteiger partial charge >= 0.3 is 5.97 Å². The molecule has 150 valence electrons. The third-order valence-electron chi connectivity index (χ3n) is 5.36. The van der Waals surface area contributed by atoms with Crippen molar-refractivity contribution in [3.05, 3.63) is 52.3 Å². The molecule has 2 unspecified atom stereocenters. The van der Waals surface area contributed by atoms with Crippen molar-refractivity contribution in [1.82, 2.24) is 9.88 Å². The molecule has 2 atom stereocenters. The summed E-state index contributed by atoms with van der Waals surface area (Å²) in [5, 5.41) is 12.3. The third-order valence-corrected chi connectivity index (χ3v) is 5.36. The van der Waals surface area contributed by atoms with E-state index in [9.17, 15) is 14.7 Å². The van der Waals surface area contributed by atoms with E-state index in [0.29, 0.717) is 18.8 Å². The standard InChI is InChI=1S/C22H28N2O4/c1-13-8-14(2)10-18(9-13)24-15(3)11-19(16(24)4)21(25)23-20(22(26)27)17-6-5-7-28-12-17/h8-11,17,20H,5-7,12H2,1-4H3,(H,23,25)(H,26,27). The maximum Gasteiger partial charge on any atom is 0.326 e. The number of carbonyl (C=O) groups excluding carboxylic acids is 1. The van der Waals surface area contributed by atoms with Crippen LogP contribution in [0.15, 0.2) is 24.3 Å². The SMILES string of the molecule is Cc1cc(C)cc(-n2c(C)cc(C(=O)NC(C(=O)O)C3CCCOC3)c2C)c1. The van der Waals surface area contributed by atoms with E-state index in [-0.39, 0.29) is 11.8 Å². The molecule has 2 N–H and O–H groups in total. The van der Waals surface area contributed by atoms with Gasteiger partial charge < -0.3 is 19.7 Å². The third kappa shape index (κ3) is 4.12.